The number of benzene rings is 1. The van der Waals surface area contributed by atoms with Crippen molar-refractivity contribution < 1.29 is 4.74 Å². The number of ether oxygens (including phenoxy) is 1. The molecule has 0 atom stereocenters. The van der Waals surface area contributed by atoms with E-state index in [4.69, 9.17) is 4.74 Å². The molecule has 0 unspecified atom stereocenters. The molecule has 1 fully saturated rings. The van der Waals surface area contributed by atoms with Gasteiger partial charge in [0.05, 0.1) is 0 Å². The summed E-state index contributed by atoms with van der Waals surface area (Å²) in [5.74, 6) is 3.51. The van der Waals surface area contributed by atoms with Crippen LogP contribution >= 0.6 is 11.8 Å². The topological polar surface area (TPSA) is 12.5 Å². The van der Waals surface area contributed by atoms with Crippen molar-refractivity contribution in [3.05, 3.63) is 30.3 Å². The molecule has 0 saturated carbocycles. The standard InChI is InChI=1S/C12H17NOS/c1-2-4-12(5-3-1)14-9-6-13-7-10-15-11-8-13/h1-5H,6-11H2. The van der Waals surface area contributed by atoms with E-state index in [0.29, 0.717) is 0 Å². The highest BCUT2D eigenvalue weighted by molar-refractivity contribution is 7.99. The number of hydrogen-bond acceptors (Lipinski definition) is 3. The Kier molecular flexibility index (Phi) is 4.36. The van der Waals surface area contributed by atoms with Crippen molar-refractivity contribution in [2.75, 3.05) is 37.7 Å². The Balaban J connectivity index is 1.66. The van der Waals surface area contributed by atoms with Gasteiger partial charge in [-0.25, -0.2) is 0 Å². The predicted octanol–water partition coefficient (Wildman–Crippen LogP) is 2.11. The average Bonchev–Trinajstić information content (AvgIpc) is 2.32. The Morgan fingerprint density at radius 3 is 2.60 bits per heavy atom. The quantitative estimate of drug-likeness (QED) is 0.776. The molecule has 2 nitrogen and oxygen atoms in total. The average molecular weight is 223 g/mol. The van der Waals surface area contributed by atoms with Gasteiger partial charge in [-0.15, -0.1) is 0 Å². The molecule has 0 amide bonds. The largest absolute Gasteiger partial charge is 0.492 e. The van der Waals surface area contributed by atoms with Crippen molar-refractivity contribution >= 4 is 11.8 Å². The maximum absolute atomic E-state index is 5.66. The molecule has 82 valence electrons. The number of nitrogens with zero attached hydrogens (tertiary/aromatic N) is 1. The van der Waals surface area contributed by atoms with Gasteiger partial charge in [0.15, 0.2) is 0 Å². The minimum atomic E-state index is 0.800. The minimum Gasteiger partial charge on any atom is -0.492 e. The van der Waals surface area contributed by atoms with Gasteiger partial charge < -0.3 is 4.74 Å². The number of hydrogen-bond donors (Lipinski definition) is 0. The molecule has 0 radical (unpaired) electrons. The summed E-state index contributed by atoms with van der Waals surface area (Å²) in [5.41, 5.74) is 0. The van der Waals surface area contributed by atoms with Crippen molar-refractivity contribution in [1.29, 1.82) is 0 Å². The van der Waals surface area contributed by atoms with Gasteiger partial charge in [-0.1, -0.05) is 18.2 Å². The van der Waals surface area contributed by atoms with E-state index in [1.165, 1.54) is 24.6 Å². The van der Waals surface area contributed by atoms with Crippen LogP contribution in [0.3, 0.4) is 0 Å². The minimum absolute atomic E-state index is 0.800. The molecule has 0 aromatic heterocycles. The van der Waals surface area contributed by atoms with Crippen LogP contribution in [-0.4, -0.2) is 42.6 Å². The van der Waals surface area contributed by atoms with E-state index < -0.39 is 0 Å². The van der Waals surface area contributed by atoms with Crippen LogP contribution in [-0.2, 0) is 0 Å². The van der Waals surface area contributed by atoms with Crippen LogP contribution < -0.4 is 4.74 Å². The third kappa shape index (κ3) is 3.76. The van der Waals surface area contributed by atoms with Crippen LogP contribution in [0.5, 0.6) is 5.75 Å². The summed E-state index contributed by atoms with van der Waals surface area (Å²) in [5, 5.41) is 0. The SMILES string of the molecule is c1ccc(OCCN2CCSCC2)cc1. The van der Waals surface area contributed by atoms with Gasteiger partial charge >= 0.3 is 0 Å². The number of para-hydroxylation sites is 1. The molecule has 1 aliphatic heterocycles. The van der Waals surface area contributed by atoms with Crippen LogP contribution in [0, 0.1) is 0 Å². The third-order valence-corrected chi connectivity index (χ3v) is 3.47. The maximum atomic E-state index is 5.66. The molecule has 1 aliphatic rings. The molecule has 2 rings (SSSR count). The summed E-state index contributed by atoms with van der Waals surface area (Å²) >= 11 is 2.05. The van der Waals surface area contributed by atoms with Gasteiger partial charge in [-0.3, -0.25) is 4.90 Å². The summed E-state index contributed by atoms with van der Waals surface area (Å²) in [4.78, 5) is 2.47. The first-order valence-electron chi connectivity index (χ1n) is 5.43. The lowest BCUT2D eigenvalue weighted by Crippen LogP contribution is -2.35. The second kappa shape index (κ2) is 6.03. The van der Waals surface area contributed by atoms with E-state index in [1.807, 2.05) is 42.1 Å². The van der Waals surface area contributed by atoms with Crippen LogP contribution in [0.1, 0.15) is 0 Å². The fraction of sp³-hybridized carbons (Fsp3) is 0.500. The lowest BCUT2D eigenvalue weighted by molar-refractivity contribution is 0.222. The molecule has 15 heavy (non-hydrogen) atoms. The zero-order valence-corrected chi connectivity index (χ0v) is 9.71. The molecule has 1 heterocycles. The van der Waals surface area contributed by atoms with Crippen molar-refractivity contribution in [2.24, 2.45) is 0 Å². The smallest absolute Gasteiger partial charge is 0.119 e. The Morgan fingerprint density at radius 1 is 1.13 bits per heavy atom. The molecule has 1 aromatic carbocycles. The third-order valence-electron chi connectivity index (χ3n) is 2.52. The van der Waals surface area contributed by atoms with Gasteiger partial charge in [0.25, 0.3) is 0 Å². The Labute approximate surface area is 95.6 Å². The van der Waals surface area contributed by atoms with E-state index in [1.54, 1.807) is 0 Å². The highest BCUT2D eigenvalue weighted by atomic mass is 32.2. The Hall–Kier alpha value is -0.670. The first-order valence-corrected chi connectivity index (χ1v) is 6.58. The van der Waals surface area contributed by atoms with E-state index in [0.717, 1.165) is 18.9 Å². The maximum Gasteiger partial charge on any atom is 0.119 e. The first-order chi connectivity index (χ1) is 7.45. The van der Waals surface area contributed by atoms with Crippen LogP contribution in [0.15, 0.2) is 30.3 Å². The molecule has 1 aromatic rings. The normalized spacial score (nSPS) is 17.6. The van der Waals surface area contributed by atoms with E-state index in [-0.39, 0.29) is 0 Å². The molecule has 3 heteroatoms. The highest BCUT2D eigenvalue weighted by Gasteiger charge is 2.09. The van der Waals surface area contributed by atoms with Gasteiger partial charge in [0.1, 0.15) is 12.4 Å². The lowest BCUT2D eigenvalue weighted by Gasteiger charge is -2.25. The van der Waals surface area contributed by atoms with E-state index in [9.17, 15) is 0 Å². The van der Waals surface area contributed by atoms with Crippen molar-refractivity contribution in [2.45, 2.75) is 0 Å². The van der Waals surface area contributed by atoms with Crippen molar-refractivity contribution in [1.82, 2.24) is 4.90 Å². The Morgan fingerprint density at radius 2 is 1.87 bits per heavy atom. The molecule has 1 saturated heterocycles. The van der Waals surface area contributed by atoms with E-state index >= 15 is 0 Å². The van der Waals surface area contributed by atoms with Crippen LogP contribution in [0.25, 0.3) is 0 Å². The molecule has 0 bridgehead atoms. The molecule has 0 aliphatic carbocycles. The molecule has 0 spiro atoms. The fourth-order valence-electron chi connectivity index (χ4n) is 1.63. The predicted molar refractivity (Wildman–Crippen MR) is 65.7 cm³/mol. The molecular formula is C12H17NOS. The van der Waals surface area contributed by atoms with Crippen molar-refractivity contribution in [3.8, 4) is 5.75 Å². The van der Waals surface area contributed by atoms with Gasteiger partial charge in [0, 0.05) is 31.1 Å². The number of thioether (sulfide) groups is 1. The Bertz CT molecular complexity index is 272. The van der Waals surface area contributed by atoms with Crippen molar-refractivity contribution in [3.63, 3.8) is 0 Å². The second-order valence-electron chi connectivity index (χ2n) is 3.62. The monoisotopic (exact) mass is 223 g/mol. The fourth-order valence-corrected chi connectivity index (χ4v) is 2.61. The summed E-state index contributed by atoms with van der Waals surface area (Å²) < 4.78 is 5.66. The summed E-state index contributed by atoms with van der Waals surface area (Å²) in [6, 6.07) is 10.0. The van der Waals surface area contributed by atoms with Crippen LogP contribution in [0.2, 0.25) is 0 Å². The van der Waals surface area contributed by atoms with Gasteiger partial charge in [-0.2, -0.15) is 11.8 Å². The van der Waals surface area contributed by atoms with E-state index in [2.05, 4.69) is 4.90 Å². The van der Waals surface area contributed by atoms with Crippen LogP contribution in [0.4, 0.5) is 0 Å². The van der Waals surface area contributed by atoms with Gasteiger partial charge in [-0.05, 0) is 12.1 Å². The first kappa shape index (κ1) is 10.8. The van der Waals surface area contributed by atoms with Gasteiger partial charge in [0.2, 0.25) is 0 Å². The lowest BCUT2D eigenvalue weighted by atomic mass is 10.3. The zero-order chi connectivity index (χ0) is 10.3. The zero-order valence-electron chi connectivity index (χ0n) is 8.89. The summed E-state index contributed by atoms with van der Waals surface area (Å²) in [6.07, 6.45) is 0. The number of rotatable bonds is 4. The second-order valence-corrected chi connectivity index (χ2v) is 4.84. The molecule has 0 N–H and O–H groups in total. The summed E-state index contributed by atoms with van der Waals surface area (Å²) in [7, 11) is 0. The highest BCUT2D eigenvalue weighted by Crippen LogP contribution is 2.10. The molecular weight excluding hydrogens is 206 g/mol. The summed E-state index contributed by atoms with van der Waals surface area (Å²) in [6.45, 7) is 4.27.